The zero-order valence-corrected chi connectivity index (χ0v) is 7.33. The Kier molecular flexibility index (Phi) is 0.930. The first kappa shape index (κ1) is 4.59. The predicted molar refractivity (Wildman–Crippen MR) is 51.6 cm³/mol. The van der Waals surface area contributed by atoms with E-state index in [1.807, 2.05) is 0 Å². The Morgan fingerprint density at radius 1 is 1.79 bits per heavy atom. The largest absolute Gasteiger partial charge is 0.477 e. The van der Waals surface area contributed by atoms with Crippen molar-refractivity contribution in [3.05, 3.63) is 35.2 Å². The fraction of sp³-hybridized carbons (Fsp3) is 0.200. The lowest BCUT2D eigenvalue weighted by Crippen LogP contribution is -2.03. The number of carbonyl (C=O) groups is 1. The number of carboxylic acid groups (broad SMARTS) is 1. The third-order valence-corrected chi connectivity index (χ3v) is 1.82. The fourth-order valence-electron chi connectivity index (χ4n) is 1.22. The van der Waals surface area contributed by atoms with E-state index in [1.54, 1.807) is 0 Å². The lowest BCUT2D eigenvalue weighted by atomic mass is 10.3. The molecule has 72 valence electrons. The summed E-state index contributed by atoms with van der Waals surface area (Å²) in [5.74, 6) is -1.46. The van der Waals surface area contributed by atoms with Crippen molar-refractivity contribution in [1.82, 2.24) is 9.38 Å². The molecule has 0 spiro atoms. The molecule has 0 saturated carbocycles. The minimum Gasteiger partial charge on any atom is -0.477 e. The molecule has 0 aliphatic heterocycles. The molecule has 1 N–H and O–H groups in total. The van der Waals surface area contributed by atoms with E-state index in [2.05, 4.69) is 4.98 Å². The Balaban J connectivity index is 2.98. The van der Waals surface area contributed by atoms with Crippen molar-refractivity contribution < 1.29 is 16.8 Å². The summed E-state index contributed by atoms with van der Waals surface area (Å²) in [5, 5.41) is 9.13. The van der Waals surface area contributed by atoms with Crippen LogP contribution in [0.5, 0.6) is 0 Å². The highest BCUT2D eigenvalue weighted by molar-refractivity contribution is 5.88. The molecule has 0 aliphatic carbocycles. The Morgan fingerprint density at radius 2 is 2.57 bits per heavy atom. The van der Waals surface area contributed by atoms with Gasteiger partial charge in [-0.25, -0.2) is 9.78 Å². The summed E-state index contributed by atoms with van der Waals surface area (Å²) in [6, 6.07) is -0.194. The summed E-state index contributed by atoms with van der Waals surface area (Å²) >= 11 is 0. The normalized spacial score (nSPS) is 16.8. The van der Waals surface area contributed by atoms with Gasteiger partial charge in [-0.1, -0.05) is 0 Å². The molecule has 0 amide bonds. The molecule has 0 saturated heterocycles. The highest BCUT2D eigenvalue weighted by Gasteiger charge is 2.14. The van der Waals surface area contributed by atoms with Crippen LogP contribution >= 0.6 is 0 Å². The molecule has 0 aliphatic rings. The molecule has 0 radical (unpaired) electrons. The van der Waals surface area contributed by atoms with Gasteiger partial charge in [0.05, 0.1) is 8.44 Å². The Hall–Kier alpha value is -1.84. The number of fused-ring (bicyclic) bond motifs is 1. The molecule has 0 fully saturated rings. The molecular weight excluding hydrogens is 180 g/mol. The number of hydrogen-bond acceptors (Lipinski definition) is 2. The van der Waals surface area contributed by atoms with Crippen molar-refractivity contribution in [2.75, 3.05) is 0 Å². The highest BCUT2D eigenvalue weighted by atomic mass is 16.4. The highest BCUT2D eigenvalue weighted by Crippen LogP contribution is 2.13. The second-order valence-corrected chi connectivity index (χ2v) is 2.83. The molecular formula is C10H10N2O2. The van der Waals surface area contributed by atoms with Crippen LogP contribution in [0, 0.1) is 13.8 Å². The predicted octanol–water partition coefficient (Wildman–Crippen LogP) is 1.65. The van der Waals surface area contributed by atoms with Crippen LogP contribution in [0.2, 0.25) is 0 Å². The van der Waals surface area contributed by atoms with Gasteiger partial charge in [-0.2, -0.15) is 0 Å². The van der Waals surface area contributed by atoms with E-state index in [4.69, 9.17) is 12.0 Å². The third kappa shape index (κ3) is 1.16. The molecule has 0 unspecified atom stereocenters. The van der Waals surface area contributed by atoms with Crippen molar-refractivity contribution in [2.24, 2.45) is 0 Å². The van der Waals surface area contributed by atoms with Crippen LogP contribution in [0.15, 0.2) is 18.3 Å². The summed E-state index contributed by atoms with van der Waals surface area (Å²) in [6.07, 6.45) is 1.16. The molecule has 2 aromatic rings. The summed E-state index contributed by atoms with van der Waals surface area (Å²) in [4.78, 5) is 15.0. The smallest absolute Gasteiger partial charge is 0.354 e. The lowest BCUT2D eigenvalue weighted by Gasteiger charge is -1.97. The van der Waals surface area contributed by atoms with Crippen molar-refractivity contribution in [3.8, 4) is 0 Å². The van der Waals surface area contributed by atoms with E-state index < -0.39 is 24.2 Å². The minimum absolute atomic E-state index is 0.0468. The average molecular weight is 195 g/mol. The van der Waals surface area contributed by atoms with Gasteiger partial charge in [0.15, 0.2) is 5.69 Å². The van der Waals surface area contributed by atoms with Crippen LogP contribution in [0.4, 0.5) is 0 Å². The number of hydrogen-bond donors (Lipinski definition) is 1. The zero-order chi connectivity index (χ0) is 14.5. The molecule has 2 heterocycles. The van der Waals surface area contributed by atoms with E-state index in [0.29, 0.717) is 5.56 Å². The van der Waals surface area contributed by atoms with Gasteiger partial charge in [0.25, 0.3) is 0 Å². The van der Waals surface area contributed by atoms with Gasteiger partial charge in [0.1, 0.15) is 5.65 Å². The maximum absolute atomic E-state index is 11.2. The maximum atomic E-state index is 11.2. The van der Waals surface area contributed by atoms with Gasteiger partial charge in [0.2, 0.25) is 0 Å². The number of aryl methyl sites for hydroxylation is 1. The van der Waals surface area contributed by atoms with Gasteiger partial charge in [-0.15, -0.1) is 0 Å². The van der Waals surface area contributed by atoms with E-state index >= 15 is 0 Å². The lowest BCUT2D eigenvalue weighted by molar-refractivity contribution is 0.0688. The molecule has 2 aromatic heterocycles. The number of imidazole rings is 1. The number of rotatable bonds is 1. The van der Waals surface area contributed by atoms with Crippen molar-refractivity contribution in [1.29, 1.82) is 0 Å². The Labute approximate surface area is 87.8 Å². The van der Waals surface area contributed by atoms with Crippen LogP contribution in [0.1, 0.15) is 28.6 Å². The van der Waals surface area contributed by atoms with Crippen LogP contribution in [0.3, 0.4) is 0 Å². The van der Waals surface area contributed by atoms with Crippen LogP contribution in [-0.4, -0.2) is 20.5 Å². The monoisotopic (exact) mass is 195 g/mol. The molecule has 2 rings (SSSR count). The SMILES string of the molecule is [2H]c1cn2c(C(=O)O)c(C([2H])([2H])[2H])nc2c([2H])c1C. The van der Waals surface area contributed by atoms with Gasteiger partial charge < -0.3 is 5.11 Å². The summed E-state index contributed by atoms with van der Waals surface area (Å²) in [7, 11) is 0. The second kappa shape index (κ2) is 2.83. The molecule has 0 aromatic carbocycles. The van der Waals surface area contributed by atoms with E-state index in [0.717, 1.165) is 10.6 Å². The van der Waals surface area contributed by atoms with Gasteiger partial charge in [0, 0.05) is 10.3 Å². The van der Waals surface area contributed by atoms with Gasteiger partial charge in [-0.3, -0.25) is 4.40 Å². The Morgan fingerprint density at radius 3 is 3.21 bits per heavy atom. The van der Waals surface area contributed by atoms with Crippen LogP contribution in [-0.2, 0) is 0 Å². The summed E-state index contributed by atoms with van der Waals surface area (Å²) in [5.41, 5.74) is -0.862. The molecule has 0 bridgehead atoms. The minimum atomic E-state index is -2.69. The van der Waals surface area contributed by atoms with Crippen molar-refractivity contribution in [2.45, 2.75) is 13.8 Å². The number of nitrogens with zero attached hydrogens (tertiary/aromatic N) is 2. The number of aromatic carboxylic acids is 1. The van der Waals surface area contributed by atoms with Crippen molar-refractivity contribution >= 4 is 11.6 Å². The number of carboxylic acids is 1. The standard InChI is InChI=1S/C10H10N2O2/c1-6-3-4-12-8(5-6)11-7(2)9(12)10(13)14/h3-5H,1-2H3,(H,13,14)/i2D3,3D,5D. The second-order valence-electron chi connectivity index (χ2n) is 2.83. The summed E-state index contributed by atoms with van der Waals surface area (Å²) < 4.78 is 38.3. The first-order chi connectivity index (χ1) is 8.64. The molecule has 4 nitrogen and oxygen atoms in total. The number of pyridine rings is 1. The summed E-state index contributed by atoms with van der Waals surface area (Å²) in [6.45, 7) is -1.17. The van der Waals surface area contributed by atoms with E-state index in [-0.39, 0.29) is 17.7 Å². The Bertz CT molecular complexity index is 690. The molecule has 14 heavy (non-hydrogen) atoms. The fourth-order valence-corrected chi connectivity index (χ4v) is 1.22. The average Bonchev–Trinajstić information content (AvgIpc) is 2.65. The van der Waals surface area contributed by atoms with Gasteiger partial charge in [-0.05, 0) is 31.4 Å². The first-order valence-electron chi connectivity index (χ1n) is 6.37. The van der Waals surface area contributed by atoms with E-state index in [1.165, 1.54) is 6.92 Å². The zero-order valence-electron chi connectivity index (χ0n) is 12.3. The quantitative estimate of drug-likeness (QED) is 0.752. The first-order valence-corrected chi connectivity index (χ1v) is 3.87. The van der Waals surface area contributed by atoms with Crippen LogP contribution < -0.4 is 0 Å². The van der Waals surface area contributed by atoms with Gasteiger partial charge >= 0.3 is 5.97 Å². The van der Waals surface area contributed by atoms with Crippen LogP contribution in [0.25, 0.3) is 5.65 Å². The third-order valence-electron chi connectivity index (χ3n) is 1.82. The topological polar surface area (TPSA) is 54.6 Å². The number of aromatic nitrogens is 2. The molecule has 0 atom stereocenters. The van der Waals surface area contributed by atoms with Crippen molar-refractivity contribution in [3.63, 3.8) is 0 Å². The van der Waals surface area contributed by atoms with E-state index in [9.17, 15) is 4.79 Å². The molecule has 4 heteroatoms. The maximum Gasteiger partial charge on any atom is 0.354 e.